The Morgan fingerprint density at radius 1 is 1.12 bits per heavy atom. The number of alkyl halides is 3. The number of sulfonamides is 1. The van der Waals surface area contributed by atoms with Crippen molar-refractivity contribution in [3.8, 4) is 0 Å². The quantitative estimate of drug-likeness (QED) is 0.299. The summed E-state index contributed by atoms with van der Waals surface area (Å²) < 4.78 is 69.1. The van der Waals surface area contributed by atoms with Crippen molar-refractivity contribution in [2.75, 3.05) is 57.5 Å². The lowest BCUT2D eigenvalue weighted by Gasteiger charge is -2.34. The fourth-order valence-electron chi connectivity index (χ4n) is 4.21. The maximum atomic E-state index is 13.3. The highest BCUT2D eigenvalue weighted by Gasteiger charge is 2.35. The number of nitrogens with zero attached hydrogens (tertiary/aromatic N) is 4. The largest absolute Gasteiger partial charge is 0.451 e. The molecule has 1 fully saturated rings. The number of pyridine rings is 1. The number of rotatable bonds is 10. The number of anilines is 1. The van der Waals surface area contributed by atoms with Gasteiger partial charge in [0, 0.05) is 56.1 Å². The molecule has 1 aromatic carbocycles. The van der Waals surface area contributed by atoms with E-state index in [1.165, 1.54) is 0 Å². The normalized spacial score (nSPS) is 15.6. The maximum absolute atomic E-state index is 13.3. The van der Waals surface area contributed by atoms with E-state index in [2.05, 4.69) is 30.3 Å². The van der Waals surface area contributed by atoms with Crippen molar-refractivity contribution < 1.29 is 31.1 Å². The number of carbonyl (C=O) groups excluding carboxylic acids is 1. The van der Waals surface area contributed by atoms with Crippen LogP contribution in [0.3, 0.4) is 0 Å². The van der Waals surface area contributed by atoms with Crippen molar-refractivity contribution in [3.05, 3.63) is 58.6 Å². The van der Waals surface area contributed by atoms with Gasteiger partial charge in [0.1, 0.15) is 5.82 Å². The summed E-state index contributed by atoms with van der Waals surface area (Å²) in [6.07, 6.45) is -1.35. The van der Waals surface area contributed by atoms with Gasteiger partial charge in [0.2, 0.25) is 15.8 Å². The summed E-state index contributed by atoms with van der Waals surface area (Å²) in [5.74, 6) is -1.25. The minimum absolute atomic E-state index is 0.0562. The second kappa shape index (κ2) is 12.6. The number of aromatic nitrogens is 3. The van der Waals surface area contributed by atoms with Crippen LogP contribution in [-0.2, 0) is 20.9 Å². The second-order valence-electron chi connectivity index (χ2n) is 8.99. The van der Waals surface area contributed by atoms with Crippen LogP contribution in [0.1, 0.15) is 27.8 Å². The summed E-state index contributed by atoms with van der Waals surface area (Å²) in [5.41, 5.74) is 1.10. The minimum atomic E-state index is -4.66. The van der Waals surface area contributed by atoms with Gasteiger partial charge in [-0.3, -0.25) is 9.69 Å². The molecule has 1 aliphatic heterocycles. The molecule has 3 heterocycles. The van der Waals surface area contributed by atoms with Crippen molar-refractivity contribution in [1.82, 2.24) is 29.9 Å². The fourth-order valence-corrected chi connectivity index (χ4v) is 4.94. The highest BCUT2D eigenvalue weighted by atomic mass is 35.5. The average Bonchev–Trinajstić information content (AvgIpc) is 2.91. The van der Waals surface area contributed by atoms with E-state index in [-0.39, 0.29) is 23.7 Å². The van der Waals surface area contributed by atoms with E-state index >= 15 is 0 Å². The number of morpholine rings is 1. The molecule has 0 radical (unpaired) electrons. The van der Waals surface area contributed by atoms with Crippen molar-refractivity contribution >= 4 is 44.3 Å². The highest BCUT2D eigenvalue weighted by Crippen LogP contribution is 2.29. The van der Waals surface area contributed by atoms with Gasteiger partial charge in [-0.05, 0) is 24.3 Å². The van der Waals surface area contributed by atoms with Crippen LogP contribution in [0.25, 0.3) is 10.9 Å². The topological polar surface area (TPSA) is 138 Å². The second-order valence-corrected chi connectivity index (χ2v) is 11.2. The van der Waals surface area contributed by atoms with Crippen LogP contribution in [0.5, 0.6) is 0 Å². The summed E-state index contributed by atoms with van der Waals surface area (Å²) >= 11 is 6.40. The Morgan fingerprint density at radius 2 is 1.82 bits per heavy atom. The molecule has 3 N–H and O–H groups in total. The standard InChI is InChI=1S/C24H27ClF3N7O4S/c1-40(37,38)33-7-6-29-20-5-2-16-18(34-20)4-3-17(25)21(16)22(36)30-14-19(35-8-10-39-11-9-35)15-12-31-23(32-13-15)24(26,27)28/h2-5,12-13,19,33H,6-11,14H2,1H3,(H,29,34)(H,30,36). The van der Waals surface area contributed by atoms with E-state index in [0.717, 1.165) is 18.6 Å². The summed E-state index contributed by atoms with van der Waals surface area (Å²) in [4.78, 5) is 26.8. The van der Waals surface area contributed by atoms with Gasteiger partial charge in [-0.1, -0.05) is 11.6 Å². The Bertz CT molecular complexity index is 1450. The first-order chi connectivity index (χ1) is 18.9. The number of fused-ring (bicyclic) bond motifs is 1. The molecule has 4 rings (SSSR count). The molecule has 16 heteroatoms. The molecule has 1 aliphatic rings. The molecule has 216 valence electrons. The molecule has 1 amide bonds. The molecular formula is C24H27ClF3N7O4S. The fraction of sp³-hybridized carbons (Fsp3) is 0.417. The third-order valence-electron chi connectivity index (χ3n) is 6.10. The number of nitrogens with one attached hydrogen (secondary N) is 3. The molecule has 2 aromatic heterocycles. The van der Waals surface area contributed by atoms with Crippen molar-refractivity contribution in [2.24, 2.45) is 0 Å². The number of carbonyl (C=O) groups is 1. The molecular weight excluding hydrogens is 575 g/mol. The van der Waals surface area contributed by atoms with E-state index in [1.54, 1.807) is 24.3 Å². The SMILES string of the molecule is CS(=O)(=O)NCCNc1ccc2c(C(=O)NCC(c3cnc(C(F)(F)F)nc3)N3CCOCC3)c(Cl)ccc2n1. The Hall–Kier alpha value is -3.11. The van der Waals surface area contributed by atoms with Gasteiger partial charge in [0.25, 0.3) is 5.91 Å². The van der Waals surface area contributed by atoms with Gasteiger partial charge >= 0.3 is 6.18 Å². The van der Waals surface area contributed by atoms with E-state index in [4.69, 9.17) is 16.3 Å². The third-order valence-corrected chi connectivity index (χ3v) is 7.14. The summed E-state index contributed by atoms with van der Waals surface area (Å²) in [5, 5.41) is 6.55. The first-order valence-electron chi connectivity index (χ1n) is 12.2. The van der Waals surface area contributed by atoms with Crippen molar-refractivity contribution in [1.29, 1.82) is 0 Å². The monoisotopic (exact) mass is 601 g/mol. The maximum Gasteiger partial charge on any atom is 0.451 e. The number of amides is 1. The zero-order valence-corrected chi connectivity index (χ0v) is 22.9. The van der Waals surface area contributed by atoms with E-state index < -0.39 is 34.0 Å². The van der Waals surface area contributed by atoms with Gasteiger partial charge in [0.05, 0.1) is 41.6 Å². The number of hydrogen-bond acceptors (Lipinski definition) is 9. The zero-order valence-electron chi connectivity index (χ0n) is 21.3. The highest BCUT2D eigenvalue weighted by molar-refractivity contribution is 7.88. The predicted molar refractivity (Wildman–Crippen MR) is 143 cm³/mol. The molecule has 3 aromatic rings. The lowest BCUT2D eigenvalue weighted by atomic mass is 10.1. The Balaban J connectivity index is 1.51. The van der Waals surface area contributed by atoms with Gasteiger partial charge in [-0.15, -0.1) is 0 Å². The first kappa shape index (κ1) is 29.9. The Morgan fingerprint density at radius 3 is 2.48 bits per heavy atom. The zero-order chi connectivity index (χ0) is 28.9. The average molecular weight is 602 g/mol. The van der Waals surface area contributed by atoms with Crippen LogP contribution in [0.2, 0.25) is 5.02 Å². The molecule has 1 saturated heterocycles. The van der Waals surface area contributed by atoms with Crippen LogP contribution < -0.4 is 15.4 Å². The van der Waals surface area contributed by atoms with Crippen LogP contribution in [0.15, 0.2) is 36.7 Å². The number of hydrogen-bond donors (Lipinski definition) is 3. The molecule has 0 bridgehead atoms. The Labute approximate surface area is 233 Å². The molecule has 1 atom stereocenters. The number of halogens is 4. The summed E-state index contributed by atoms with van der Waals surface area (Å²) in [7, 11) is -3.31. The van der Waals surface area contributed by atoms with Crippen LogP contribution in [0, 0.1) is 0 Å². The molecule has 0 spiro atoms. The number of benzene rings is 1. The van der Waals surface area contributed by atoms with Gasteiger partial charge in [-0.25, -0.2) is 28.1 Å². The van der Waals surface area contributed by atoms with Gasteiger partial charge < -0.3 is 15.4 Å². The first-order valence-corrected chi connectivity index (χ1v) is 14.5. The van der Waals surface area contributed by atoms with Crippen LogP contribution >= 0.6 is 11.6 Å². The van der Waals surface area contributed by atoms with Crippen molar-refractivity contribution in [2.45, 2.75) is 12.2 Å². The van der Waals surface area contributed by atoms with E-state index in [9.17, 15) is 26.4 Å². The molecule has 0 aliphatic carbocycles. The van der Waals surface area contributed by atoms with Crippen LogP contribution in [-0.4, -0.2) is 86.4 Å². The van der Waals surface area contributed by atoms with Crippen molar-refractivity contribution in [3.63, 3.8) is 0 Å². The molecule has 11 nitrogen and oxygen atoms in total. The lowest BCUT2D eigenvalue weighted by molar-refractivity contribution is -0.145. The van der Waals surface area contributed by atoms with E-state index in [1.807, 2.05) is 4.90 Å². The van der Waals surface area contributed by atoms with Gasteiger partial charge in [-0.2, -0.15) is 13.2 Å². The van der Waals surface area contributed by atoms with Crippen LogP contribution in [0.4, 0.5) is 19.0 Å². The molecule has 1 unspecified atom stereocenters. The molecule has 40 heavy (non-hydrogen) atoms. The number of ether oxygens (including phenoxy) is 1. The lowest BCUT2D eigenvalue weighted by Crippen LogP contribution is -2.44. The minimum Gasteiger partial charge on any atom is -0.379 e. The smallest absolute Gasteiger partial charge is 0.379 e. The summed E-state index contributed by atoms with van der Waals surface area (Å²) in [6.45, 7) is 2.41. The molecule has 0 saturated carbocycles. The third kappa shape index (κ3) is 7.75. The van der Waals surface area contributed by atoms with Gasteiger partial charge in [0.15, 0.2) is 0 Å². The Kier molecular flexibility index (Phi) is 9.41. The van der Waals surface area contributed by atoms with E-state index in [0.29, 0.717) is 55.1 Å². The summed E-state index contributed by atoms with van der Waals surface area (Å²) in [6, 6.07) is 6.03. The predicted octanol–water partition coefficient (Wildman–Crippen LogP) is 2.46.